The first-order valence-corrected chi connectivity index (χ1v) is 9.73. The second-order valence-electron chi connectivity index (χ2n) is 7.26. The second kappa shape index (κ2) is 7.19. The molecule has 1 heterocycles. The van der Waals surface area contributed by atoms with Crippen LogP contribution in [-0.4, -0.2) is 37.3 Å². The maximum atomic E-state index is 13.7. The summed E-state index contributed by atoms with van der Waals surface area (Å²) in [7, 11) is -3.58. The topological polar surface area (TPSA) is 66.5 Å². The highest BCUT2D eigenvalue weighted by atomic mass is 32.2. The zero-order chi connectivity index (χ0) is 18.0. The average molecular weight is 356 g/mol. The van der Waals surface area contributed by atoms with Crippen LogP contribution in [0.15, 0.2) is 24.3 Å². The number of nitrogens with one attached hydrogen (secondary N) is 1. The van der Waals surface area contributed by atoms with E-state index in [2.05, 4.69) is 5.32 Å². The fourth-order valence-corrected chi connectivity index (χ4v) is 4.35. The molecule has 1 amide bonds. The molecule has 1 aliphatic heterocycles. The number of rotatable bonds is 4. The van der Waals surface area contributed by atoms with Crippen LogP contribution < -0.4 is 5.32 Å². The Hall–Kier alpha value is -1.47. The largest absolute Gasteiger partial charge is 0.351 e. The molecule has 0 spiro atoms. The van der Waals surface area contributed by atoms with Gasteiger partial charge in [0.25, 0.3) is 0 Å². The lowest BCUT2D eigenvalue weighted by Gasteiger charge is -2.32. The van der Waals surface area contributed by atoms with Crippen LogP contribution in [0.1, 0.15) is 39.2 Å². The van der Waals surface area contributed by atoms with Gasteiger partial charge in [-0.1, -0.05) is 18.2 Å². The van der Waals surface area contributed by atoms with E-state index in [0.717, 1.165) is 0 Å². The fourth-order valence-electron chi connectivity index (χ4n) is 2.77. The molecule has 1 aliphatic rings. The lowest BCUT2D eigenvalue weighted by molar-refractivity contribution is -0.127. The predicted octanol–water partition coefficient (Wildman–Crippen LogP) is 2.28. The van der Waals surface area contributed by atoms with Crippen LogP contribution in [-0.2, 0) is 20.6 Å². The summed E-state index contributed by atoms with van der Waals surface area (Å²) >= 11 is 0. The Kier molecular flexibility index (Phi) is 5.65. The fraction of sp³-hybridized carbons (Fsp3) is 0.588. The average Bonchev–Trinajstić information content (AvgIpc) is 2.48. The Balaban J connectivity index is 1.96. The molecule has 134 valence electrons. The summed E-state index contributed by atoms with van der Waals surface area (Å²) in [5.41, 5.74) is -0.129. The van der Waals surface area contributed by atoms with E-state index in [4.69, 9.17) is 0 Å². The minimum atomic E-state index is -3.58. The first-order chi connectivity index (χ1) is 11.1. The van der Waals surface area contributed by atoms with E-state index in [9.17, 15) is 17.6 Å². The van der Waals surface area contributed by atoms with Gasteiger partial charge in [0.1, 0.15) is 5.82 Å². The zero-order valence-corrected chi connectivity index (χ0v) is 15.2. The number of halogens is 1. The number of carbonyl (C=O) groups is 1. The lowest BCUT2D eigenvalue weighted by atomic mass is 9.96. The number of carbonyl (C=O) groups excluding carboxylic acids is 1. The third-order valence-electron chi connectivity index (χ3n) is 4.01. The van der Waals surface area contributed by atoms with E-state index in [1.54, 1.807) is 6.07 Å². The van der Waals surface area contributed by atoms with E-state index in [0.29, 0.717) is 25.9 Å². The molecular formula is C17H25FN2O3S. The Morgan fingerprint density at radius 3 is 2.38 bits per heavy atom. The van der Waals surface area contributed by atoms with Crippen molar-refractivity contribution in [1.29, 1.82) is 0 Å². The summed E-state index contributed by atoms with van der Waals surface area (Å²) in [5.74, 6) is -1.07. The van der Waals surface area contributed by atoms with E-state index >= 15 is 0 Å². The number of hydrogen-bond acceptors (Lipinski definition) is 3. The van der Waals surface area contributed by atoms with Gasteiger partial charge in [-0.3, -0.25) is 4.79 Å². The molecule has 0 unspecified atom stereocenters. The number of nitrogens with zero attached hydrogens (tertiary/aromatic N) is 1. The summed E-state index contributed by atoms with van der Waals surface area (Å²) in [6.07, 6.45) is 0.969. The molecule has 0 radical (unpaired) electrons. The molecule has 1 saturated heterocycles. The Bertz CT molecular complexity index is 690. The molecule has 0 aliphatic carbocycles. The summed E-state index contributed by atoms with van der Waals surface area (Å²) in [4.78, 5) is 12.2. The van der Waals surface area contributed by atoms with Gasteiger partial charge < -0.3 is 5.32 Å². The predicted molar refractivity (Wildman–Crippen MR) is 91.2 cm³/mol. The van der Waals surface area contributed by atoms with Gasteiger partial charge in [-0.15, -0.1) is 0 Å². The highest BCUT2D eigenvalue weighted by Gasteiger charge is 2.32. The van der Waals surface area contributed by atoms with Gasteiger partial charge >= 0.3 is 0 Å². The molecule has 0 atom stereocenters. The molecule has 2 rings (SSSR count). The van der Waals surface area contributed by atoms with Crippen molar-refractivity contribution in [3.05, 3.63) is 35.6 Å². The normalized spacial score (nSPS) is 17.7. The number of amides is 1. The maximum Gasteiger partial charge on any atom is 0.223 e. The van der Waals surface area contributed by atoms with Gasteiger partial charge in [0.05, 0.1) is 5.75 Å². The Morgan fingerprint density at radius 1 is 1.25 bits per heavy atom. The molecule has 7 heteroatoms. The van der Waals surface area contributed by atoms with Crippen LogP contribution in [0, 0.1) is 11.7 Å². The van der Waals surface area contributed by atoms with Gasteiger partial charge in [-0.25, -0.2) is 17.1 Å². The van der Waals surface area contributed by atoms with Crippen molar-refractivity contribution in [1.82, 2.24) is 9.62 Å². The third kappa shape index (κ3) is 5.01. The molecule has 5 nitrogen and oxygen atoms in total. The summed E-state index contributed by atoms with van der Waals surface area (Å²) < 4.78 is 40.0. The van der Waals surface area contributed by atoms with Crippen molar-refractivity contribution in [3.8, 4) is 0 Å². The molecule has 1 fully saturated rings. The highest BCUT2D eigenvalue weighted by Crippen LogP contribution is 2.23. The van der Waals surface area contributed by atoms with Gasteiger partial charge in [-0.05, 0) is 39.7 Å². The highest BCUT2D eigenvalue weighted by molar-refractivity contribution is 7.88. The second-order valence-corrected chi connectivity index (χ2v) is 9.23. The van der Waals surface area contributed by atoms with Gasteiger partial charge in [-0.2, -0.15) is 0 Å². The number of benzene rings is 1. The Labute approximate surface area is 143 Å². The van der Waals surface area contributed by atoms with Gasteiger partial charge in [0, 0.05) is 30.1 Å². The first-order valence-electron chi connectivity index (χ1n) is 8.12. The first kappa shape index (κ1) is 18.9. The van der Waals surface area contributed by atoms with E-state index in [1.807, 2.05) is 20.8 Å². The Morgan fingerprint density at radius 2 is 1.83 bits per heavy atom. The van der Waals surface area contributed by atoms with Crippen LogP contribution in [0.5, 0.6) is 0 Å². The zero-order valence-electron chi connectivity index (χ0n) is 14.4. The number of hydrogen-bond donors (Lipinski definition) is 1. The van der Waals surface area contributed by atoms with Crippen molar-refractivity contribution in [3.63, 3.8) is 0 Å². The van der Waals surface area contributed by atoms with E-state index in [1.165, 1.54) is 22.5 Å². The van der Waals surface area contributed by atoms with Crippen LogP contribution in [0.3, 0.4) is 0 Å². The summed E-state index contributed by atoms with van der Waals surface area (Å²) in [6, 6.07) is 5.89. The molecule has 1 aromatic rings. The van der Waals surface area contributed by atoms with Crippen molar-refractivity contribution in [2.75, 3.05) is 13.1 Å². The molecule has 0 aromatic heterocycles. The van der Waals surface area contributed by atoms with Crippen LogP contribution in [0.25, 0.3) is 0 Å². The molecular weight excluding hydrogens is 331 g/mol. The molecule has 1 N–H and O–H groups in total. The van der Waals surface area contributed by atoms with Crippen molar-refractivity contribution < 1.29 is 17.6 Å². The number of sulfonamides is 1. The van der Waals surface area contributed by atoms with Crippen LogP contribution >= 0.6 is 0 Å². The van der Waals surface area contributed by atoms with Crippen molar-refractivity contribution >= 4 is 15.9 Å². The van der Waals surface area contributed by atoms with E-state index < -0.39 is 15.8 Å². The molecule has 24 heavy (non-hydrogen) atoms. The summed E-state index contributed by atoms with van der Waals surface area (Å²) in [5, 5.41) is 2.93. The minimum Gasteiger partial charge on any atom is -0.351 e. The SMILES string of the molecule is CC(C)(C)NC(=O)C1CCN(S(=O)(=O)Cc2ccccc2F)CC1. The monoisotopic (exact) mass is 356 g/mol. The molecule has 0 saturated carbocycles. The van der Waals surface area contributed by atoms with Crippen molar-refractivity contribution in [2.45, 2.75) is 44.9 Å². The lowest BCUT2D eigenvalue weighted by Crippen LogP contribution is -2.48. The minimum absolute atomic E-state index is 0.0337. The quantitative estimate of drug-likeness (QED) is 0.900. The van der Waals surface area contributed by atoms with Crippen LogP contribution in [0.2, 0.25) is 0 Å². The third-order valence-corrected chi connectivity index (χ3v) is 5.84. The van der Waals surface area contributed by atoms with Crippen molar-refractivity contribution in [2.24, 2.45) is 5.92 Å². The van der Waals surface area contributed by atoms with Crippen LogP contribution in [0.4, 0.5) is 4.39 Å². The standard InChI is InChI=1S/C17H25FN2O3S/c1-17(2,3)19-16(21)13-8-10-20(11-9-13)24(22,23)12-14-6-4-5-7-15(14)18/h4-7,13H,8-12H2,1-3H3,(H,19,21). The summed E-state index contributed by atoms with van der Waals surface area (Å²) in [6.45, 7) is 6.33. The van der Waals surface area contributed by atoms with Gasteiger partial charge in [0.15, 0.2) is 0 Å². The van der Waals surface area contributed by atoms with Gasteiger partial charge in [0.2, 0.25) is 15.9 Å². The van der Waals surface area contributed by atoms with E-state index in [-0.39, 0.29) is 28.7 Å². The molecule has 1 aromatic carbocycles. The number of piperidine rings is 1. The smallest absolute Gasteiger partial charge is 0.223 e. The maximum absolute atomic E-state index is 13.7. The molecule has 0 bridgehead atoms.